The average molecular weight is 566 g/mol. The Kier molecular flexibility index (Phi) is 10.8. The lowest BCUT2D eigenvalue weighted by atomic mass is 10.1. The maximum absolute atomic E-state index is 12.2. The third kappa shape index (κ3) is 7.52. The number of ether oxygens (including phenoxy) is 1. The van der Waals surface area contributed by atoms with E-state index in [2.05, 4.69) is 38.8 Å². The van der Waals surface area contributed by atoms with Gasteiger partial charge in [-0.2, -0.15) is 0 Å². The number of halogens is 1. The molecule has 0 spiro atoms. The second kappa shape index (κ2) is 13.3. The summed E-state index contributed by atoms with van der Waals surface area (Å²) in [5.74, 6) is 1.64. The van der Waals surface area contributed by atoms with Crippen molar-refractivity contribution in [1.29, 1.82) is 0 Å². The second-order valence-electron chi connectivity index (χ2n) is 8.15. The second-order valence-corrected chi connectivity index (χ2v) is 8.15. The molecule has 2 unspecified atom stereocenters. The van der Waals surface area contributed by atoms with Gasteiger partial charge in [0.05, 0.1) is 12.8 Å². The minimum atomic E-state index is -0.0304. The number of nitrogens with zero attached hydrogens (tertiary/aromatic N) is 2. The Hall–Kier alpha value is -2.49. The van der Waals surface area contributed by atoms with E-state index in [1.54, 1.807) is 14.2 Å². The summed E-state index contributed by atoms with van der Waals surface area (Å²) in [4.78, 5) is 18.9. The molecule has 3 N–H and O–H groups in total. The summed E-state index contributed by atoms with van der Waals surface area (Å²) in [5.41, 5.74) is 2.90. The lowest BCUT2D eigenvalue weighted by molar-refractivity contribution is 0.0939. The maximum atomic E-state index is 12.2. The number of hydrogen-bond donors (Lipinski definition) is 3. The standard InChI is InChI=1S/C25H35N5O2.HI/c1-5-18(2)28-24(31)20-12-10-19(11-13-20)16-27-25(26-3)29-21-14-15-30(17-21)22-8-6-7-9-23(22)32-4;/h6-13,18,21H,5,14-17H2,1-4H3,(H,28,31)(H2,26,27,29);1H. The summed E-state index contributed by atoms with van der Waals surface area (Å²) >= 11 is 0. The first-order chi connectivity index (χ1) is 15.5. The highest BCUT2D eigenvalue weighted by Gasteiger charge is 2.25. The highest BCUT2D eigenvalue weighted by Crippen LogP contribution is 2.30. The van der Waals surface area contributed by atoms with E-state index in [1.165, 1.54) is 0 Å². The van der Waals surface area contributed by atoms with Gasteiger partial charge >= 0.3 is 0 Å². The van der Waals surface area contributed by atoms with Gasteiger partial charge in [0.2, 0.25) is 0 Å². The van der Waals surface area contributed by atoms with E-state index >= 15 is 0 Å². The number of benzene rings is 2. The first kappa shape index (κ1) is 26.8. The number of amides is 1. The minimum absolute atomic E-state index is 0. The summed E-state index contributed by atoms with van der Waals surface area (Å²) in [6, 6.07) is 16.3. The highest BCUT2D eigenvalue weighted by atomic mass is 127. The molecule has 1 amide bonds. The molecule has 0 saturated carbocycles. The van der Waals surface area contributed by atoms with Crippen LogP contribution in [-0.4, -0.2) is 51.2 Å². The number of aliphatic imine (C=N–C) groups is 1. The number of carbonyl (C=O) groups excluding carboxylic acids is 1. The molecule has 3 rings (SSSR count). The van der Waals surface area contributed by atoms with Gasteiger partial charge in [0.15, 0.2) is 5.96 Å². The SMILES string of the molecule is CCC(C)NC(=O)c1ccc(CNC(=NC)NC2CCN(c3ccccc3OC)C2)cc1.I. The molecule has 2 aromatic carbocycles. The van der Waals surface area contributed by atoms with Gasteiger partial charge in [-0.25, -0.2) is 0 Å². The molecule has 33 heavy (non-hydrogen) atoms. The van der Waals surface area contributed by atoms with Crippen LogP contribution in [-0.2, 0) is 6.54 Å². The Morgan fingerprint density at radius 2 is 1.94 bits per heavy atom. The van der Waals surface area contributed by atoms with Crippen molar-refractivity contribution >= 4 is 41.5 Å². The average Bonchev–Trinajstić information content (AvgIpc) is 3.30. The van der Waals surface area contributed by atoms with Crippen molar-refractivity contribution in [1.82, 2.24) is 16.0 Å². The molecule has 1 aliphatic heterocycles. The molecule has 1 fully saturated rings. The van der Waals surface area contributed by atoms with Gasteiger partial charge in [-0.15, -0.1) is 24.0 Å². The molecule has 2 atom stereocenters. The molecular formula is C25H36IN5O2. The van der Waals surface area contributed by atoms with Crippen molar-refractivity contribution in [2.24, 2.45) is 4.99 Å². The van der Waals surface area contributed by atoms with Crippen LogP contribution < -0.4 is 25.6 Å². The lowest BCUT2D eigenvalue weighted by Gasteiger charge is -2.22. The quantitative estimate of drug-likeness (QED) is 0.258. The molecule has 0 bridgehead atoms. The molecule has 180 valence electrons. The zero-order valence-electron chi connectivity index (χ0n) is 19.9. The van der Waals surface area contributed by atoms with E-state index in [0.717, 1.165) is 48.9 Å². The van der Waals surface area contributed by atoms with Gasteiger partial charge in [-0.3, -0.25) is 9.79 Å². The molecule has 1 heterocycles. The van der Waals surface area contributed by atoms with Crippen LogP contribution >= 0.6 is 24.0 Å². The molecule has 7 nitrogen and oxygen atoms in total. The van der Waals surface area contributed by atoms with Gasteiger partial charge in [-0.05, 0) is 49.6 Å². The van der Waals surface area contributed by atoms with E-state index in [0.29, 0.717) is 18.2 Å². The molecule has 8 heteroatoms. The molecule has 0 aliphatic carbocycles. The monoisotopic (exact) mass is 565 g/mol. The first-order valence-electron chi connectivity index (χ1n) is 11.3. The molecule has 0 aromatic heterocycles. The summed E-state index contributed by atoms with van der Waals surface area (Å²) in [6.45, 7) is 6.56. The summed E-state index contributed by atoms with van der Waals surface area (Å²) < 4.78 is 5.51. The van der Waals surface area contributed by atoms with Crippen LogP contribution in [0.4, 0.5) is 5.69 Å². The van der Waals surface area contributed by atoms with Gasteiger partial charge in [0.1, 0.15) is 5.75 Å². The largest absolute Gasteiger partial charge is 0.495 e. The number of nitrogens with one attached hydrogen (secondary N) is 3. The predicted molar refractivity (Wildman–Crippen MR) is 146 cm³/mol. The zero-order valence-corrected chi connectivity index (χ0v) is 22.3. The Bertz CT molecular complexity index is 919. The fraction of sp³-hybridized carbons (Fsp3) is 0.440. The number of para-hydroxylation sites is 2. The van der Waals surface area contributed by atoms with E-state index in [4.69, 9.17) is 4.74 Å². The van der Waals surface area contributed by atoms with Crippen LogP contribution in [0.2, 0.25) is 0 Å². The molecule has 2 aromatic rings. The summed E-state index contributed by atoms with van der Waals surface area (Å²) in [7, 11) is 3.49. The number of hydrogen-bond acceptors (Lipinski definition) is 4. The van der Waals surface area contributed by atoms with Gasteiger partial charge in [0.25, 0.3) is 5.91 Å². The van der Waals surface area contributed by atoms with E-state index in [1.807, 2.05) is 49.4 Å². The molecule has 1 aliphatic rings. The lowest BCUT2D eigenvalue weighted by Crippen LogP contribution is -2.44. The number of guanidine groups is 1. The highest BCUT2D eigenvalue weighted by molar-refractivity contribution is 14.0. The van der Waals surface area contributed by atoms with Crippen LogP contribution in [0.25, 0.3) is 0 Å². The van der Waals surface area contributed by atoms with Crippen molar-refractivity contribution in [3.8, 4) is 5.75 Å². The number of rotatable bonds is 8. The van der Waals surface area contributed by atoms with Crippen molar-refractivity contribution in [2.75, 3.05) is 32.1 Å². The van der Waals surface area contributed by atoms with Gasteiger partial charge < -0.3 is 25.6 Å². The number of anilines is 1. The predicted octanol–water partition coefficient (Wildman–Crippen LogP) is 3.79. The minimum Gasteiger partial charge on any atom is -0.495 e. The zero-order chi connectivity index (χ0) is 22.9. The third-order valence-electron chi connectivity index (χ3n) is 5.84. The Morgan fingerprint density at radius 3 is 2.61 bits per heavy atom. The van der Waals surface area contributed by atoms with Crippen molar-refractivity contribution < 1.29 is 9.53 Å². The van der Waals surface area contributed by atoms with Crippen LogP contribution in [0.5, 0.6) is 5.75 Å². The van der Waals surface area contributed by atoms with Crippen LogP contribution in [0.3, 0.4) is 0 Å². The van der Waals surface area contributed by atoms with Crippen molar-refractivity contribution in [3.63, 3.8) is 0 Å². The third-order valence-corrected chi connectivity index (χ3v) is 5.84. The smallest absolute Gasteiger partial charge is 0.251 e. The van der Waals surface area contributed by atoms with Gasteiger partial charge in [0, 0.05) is 44.3 Å². The van der Waals surface area contributed by atoms with E-state index < -0.39 is 0 Å². The molecule has 1 saturated heterocycles. The maximum Gasteiger partial charge on any atom is 0.251 e. The van der Waals surface area contributed by atoms with E-state index in [-0.39, 0.29) is 35.9 Å². The topological polar surface area (TPSA) is 78.0 Å². The van der Waals surface area contributed by atoms with Crippen LogP contribution in [0.15, 0.2) is 53.5 Å². The number of carbonyl (C=O) groups is 1. The number of methoxy groups -OCH3 is 1. The van der Waals surface area contributed by atoms with Gasteiger partial charge in [-0.1, -0.05) is 31.2 Å². The summed E-state index contributed by atoms with van der Waals surface area (Å²) in [5, 5.41) is 9.89. The fourth-order valence-electron chi connectivity index (χ4n) is 3.74. The Balaban J connectivity index is 0.00000385. The van der Waals surface area contributed by atoms with Crippen LogP contribution in [0.1, 0.15) is 42.6 Å². The Labute approximate surface area is 214 Å². The fourth-order valence-corrected chi connectivity index (χ4v) is 3.74. The molecular weight excluding hydrogens is 529 g/mol. The van der Waals surface area contributed by atoms with Crippen LogP contribution in [0, 0.1) is 0 Å². The first-order valence-corrected chi connectivity index (χ1v) is 11.3. The van der Waals surface area contributed by atoms with E-state index in [9.17, 15) is 4.79 Å². The van der Waals surface area contributed by atoms with Crippen molar-refractivity contribution in [2.45, 2.75) is 45.3 Å². The van der Waals surface area contributed by atoms with Crippen molar-refractivity contribution in [3.05, 3.63) is 59.7 Å². The summed E-state index contributed by atoms with van der Waals surface area (Å²) in [6.07, 6.45) is 1.94. The molecule has 0 radical (unpaired) electrons. The normalized spacial score (nSPS) is 16.5. The Morgan fingerprint density at radius 1 is 1.21 bits per heavy atom.